The molecular weight excluding hydrogens is 1390 g/mol. The summed E-state index contributed by atoms with van der Waals surface area (Å²) in [7, 11) is 0. The number of fused-ring (bicyclic) bond motifs is 20. The van der Waals surface area contributed by atoms with Crippen LogP contribution < -0.4 is 68.4 Å². The Labute approximate surface area is 696 Å². The normalized spacial score (nSPS) is 15.8. The highest BCUT2D eigenvalue weighted by atomic mass is 16.5. The molecule has 2 aromatic heterocycles. The van der Waals surface area contributed by atoms with Gasteiger partial charge in [0, 0.05) is 89.0 Å². The Morgan fingerprint density at radius 1 is 0.287 bits per heavy atom. The zero-order valence-electron chi connectivity index (χ0n) is 81.9. The van der Waals surface area contributed by atoms with E-state index in [0.717, 1.165) is 27.8 Å². The maximum absolute atomic E-state index is 11.0. The summed E-state index contributed by atoms with van der Waals surface area (Å²) in [5.74, 6) is -0.479. The zero-order chi connectivity index (χ0) is 93.0. The third kappa shape index (κ3) is 9.09. The molecule has 25 rings (SSSR count). The molecule has 0 unspecified atom stereocenters. The molecule has 0 radical (unpaired) electrons. The standard InChI is InChI=1S/C106H69B3N4O2/c1-106(2,3)72-60-87-95-88(61-72)113(101-75(68-38-18-8-19-39-68)46-27-47-76(101)69-40-20-9-21-41-69)92-63-90-97-105(115-94-59-71(65-32-12-5-13-33-65)55-57-82(94)108(97)84-51-29-49-80-78-43-23-25-53-86(78)111(90)103(80)84)99(92)109(95)98-91(112(87)100-73(66-34-14-6-15-35-66)44-26-45-74(100)67-36-16-7-17-37-67)62-89-96-104(98)114-93-58-70(64-30-10-4-11-31-64)54-56-81(93)107(96)83-50-28-48-79-77-42-22-24-52-85(77)110(89)102(79)83/h4-63H,1-3H3/i22D,23D,24D,25D,28D,29D,42D,43D,48D,49D,50D,51D,52D,53D,54D,55D,56D,57D,58D,59D. The molecule has 0 bridgehead atoms. The first-order valence-corrected chi connectivity index (χ1v) is 38.6. The predicted octanol–water partition coefficient (Wildman–Crippen LogP) is 21.1. The van der Waals surface area contributed by atoms with E-state index in [4.69, 9.17) is 9.47 Å². The SMILES string of the molecule is [2H]c1c([2H])c(-c2ccccc2)c([2H])c2c1B1c3c(cc4c(c3O2)B2c3c(cc(C(C)(C)C)cc3N(c3c(-c5ccccc5)cccc3-c3ccccc3)c3cc5c6c(c32)Oc2c([2H])c(-c3ccccc3)c([2H])c([2H])c2B6c2c([2H])c([2H])c([2H])c3c6c([2H])c([2H])c([2H])c([2H])c6n-5c23)N4c2c(-c3ccccc3)cccc2-c2ccccc2)-n2c3c([2H])c([2H])c([2H])c([2H])c3c3c([2H])c([2H])c([2H])c1c32. The molecule has 0 amide bonds. The maximum Gasteiger partial charge on any atom is 0.261 e. The molecule has 534 valence electrons. The van der Waals surface area contributed by atoms with E-state index < -0.39 is 122 Å². The summed E-state index contributed by atoms with van der Waals surface area (Å²) < 4.78 is 225. The van der Waals surface area contributed by atoms with Crippen LogP contribution in [0.4, 0.5) is 34.1 Å². The van der Waals surface area contributed by atoms with Crippen LogP contribution in [0.1, 0.15) is 53.7 Å². The molecule has 0 atom stereocenters. The number of ether oxygens (including phenoxy) is 2. The highest BCUT2D eigenvalue weighted by molar-refractivity contribution is 7.05. The number of hydrogen-bond acceptors (Lipinski definition) is 4. The molecule has 0 saturated heterocycles. The molecule has 19 aromatic rings. The second-order valence-corrected chi connectivity index (χ2v) is 31.2. The van der Waals surface area contributed by atoms with Crippen molar-refractivity contribution in [2.24, 2.45) is 0 Å². The third-order valence-electron chi connectivity index (χ3n) is 24.2. The number of para-hydroxylation sites is 6. The van der Waals surface area contributed by atoms with Crippen LogP contribution in [0.25, 0.3) is 122 Å². The molecule has 0 fully saturated rings. The topological polar surface area (TPSA) is 34.8 Å². The molecule has 6 nitrogen and oxygen atoms in total. The van der Waals surface area contributed by atoms with Gasteiger partial charge in [-0.15, -0.1) is 0 Å². The minimum atomic E-state index is -1.53. The van der Waals surface area contributed by atoms with Crippen LogP contribution in [-0.2, 0) is 5.41 Å². The van der Waals surface area contributed by atoms with Gasteiger partial charge in [-0.3, -0.25) is 0 Å². The van der Waals surface area contributed by atoms with E-state index >= 15 is 0 Å². The molecule has 0 spiro atoms. The average molecular weight is 1480 g/mol. The van der Waals surface area contributed by atoms with Gasteiger partial charge in [0.05, 0.1) is 49.8 Å². The van der Waals surface area contributed by atoms with Crippen molar-refractivity contribution in [1.29, 1.82) is 0 Å². The van der Waals surface area contributed by atoms with E-state index in [1.165, 1.54) is 0 Å². The quantitative estimate of drug-likeness (QED) is 0.142. The van der Waals surface area contributed by atoms with E-state index in [1.807, 2.05) is 146 Å². The Hall–Kier alpha value is -14.3. The molecule has 8 heterocycles. The van der Waals surface area contributed by atoms with E-state index in [0.29, 0.717) is 83.9 Å². The molecule has 0 saturated carbocycles. The van der Waals surface area contributed by atoms with Gasteiger partial charge < -0.3 is 28.4 Å². The Morgan fingerprint density at radius 2 is 0.626 bits per heavy atom. The van der Waals surface area contributed by atoms with Crippen molar-refractivity contribution in [3.05, 3.63) is 369 Å². The van der Waals surface area contributed by atoms with Crippen LogP contribution in [0.2, 0.25) is 0 Å². The number of nitrogens with zero attached hydrogens (tertiary/aromatic N) is 4. The lowest BCUT2D eigenvalue weighted by Crippen LogP contribution is -2.67. The first-order chi connectivity index (χ1) is 65.1. The Bertz CT molecular complexity index is 8080. The molecule has 6 aliphatic rings. The monoisotopic (exact) mass is 1480 g/mol. The van der Waals surface area contributed by atoms with E-state index in [1.54, 1.807) is 69.8 Å². The van der Waals surface area contributed by atoms with Gasteiger partial charge in [0.2, 0.25) is 0 Å². The van der Waals surface area contributed by atoms with Gasteiger partial charge in [-0.1, -0.05) is 336 Å². The first-order valence-electron chi connectivity index (χ1n) is 48.6. The van der Waals surface area contributed by atoms with E-state index in [2.05, 4.69) is 67.0 Å². The minimum Gasteiger partial charge on any atom is -0.459 e. The first kappa shape index (κ1) is 47.8. The Kier molecular flexibility index (Phi) is 10.0. The number of anilines is 6. The Morgan fingerprint density at radius 3 is 1.00 bits per heavy atom. The van der Waals surface area contributed by atoms with Gasteiger partial charge in [-0.05, 0) is 153 Å². The fourth-order valence-corrected chi connectivity index (χ4v) is 19.3. The van der Waals surface area contributed by atoms with Crippen molar-refractivity contribution in [1.82, 2.24) is 9.13 Å². The lowest BCUT2D eigenvalue weighted by molar-refractivity contribution is 0.490. The van der Waals surface area contributed by atoms with Gasteiger partial charge in [0.1, 0.15) is 23.0 Å². The fraction of sp³-hybridized carbons (Fsp3) is 0.0377. The van der Waals surface area contributed by atoms with Gasteiger partial charge in [-0.2, -0.15) is 0 Å². The third-order valence-corrected chi connectivity index (χ3v) is 24.2. The van der Waals surface area contributed by atoms with Crippen molar-refractivity contribution in [2.45, 2.75) is 26.2 Å². The number of aromatic nitrogens is 2. The molecular formula is C106H69B3N4O2. The van der Waals surface area contributed by atoms with Gasteiger partial charge >= 0.3 is 0 Å². The van der Waals surface area contributed by atoms with Crippen LogP contribution in [0, 0.1) is 0 Å². The van der Waals surface area contributed by atoms with Crippen LogP contribution in [0.15, 0.2) is 364 Å². The van der Waals surface area contributed by atoms with E-state index in [-0.39, 0.29) is 146 Å². The summed E-state index contributed by atoms with van der Waals surface area (Å²) in [5, 5.41) is -0.434. The fourth-order valence-electron chi connectivity index (χ4n) is 19.3. The lowest BCUT2D eigenvalue weighted by atomic mass is 9.28. The second kappa shape index (κ2) is 24.1. The molecule has 6 aliphatic heterocycles. The van der Waals surface area contributed by atoms with Crippen LogP contribution >= 0.6 is 0 Å². The number of hydrogen-bond donors (Lipinski definition) is 0. The summed E-state index contributed by atoms with van der Waals surface area (Å²) in [5.41, 5.74) is 11.2. The summed E-state index contributed by atoms with van der Waals surface area (Å²) >= 11 is 0. The van der Waals surface area contributed by atoms with Gasteiger partial charge in [-0.25, -0.2) is 0 Å². The number of benzene rings is 17. The van der Waals surface area contributed by atoms with Crippen molar-refractivity contribution in [3.63, 3.8) is 0 Å². The lowest BCUT2D eigenvalue weighted by Gasteiger charge is -2.49. The van der Waals surface area contributed by atoms with Gasteiger partial charge in [0.15, 0.2) is 0 Å². The molecule has 0 N–H and O–H groups in total. The van der Waals surface area contributed by atoms with Crippen molar-refractivity contribution >= 4 is 147 Å². The van der Waals surface area contributed by atoms with Crippen LogP contribution in [0.5, 0.6) is 23.0 Å². The smallest absolute Gasteiger partial charge is 0.261 e. The zero-order valence-corrected chi connectivity index (χ0v) is 61.9. The summed E-state index contributed by atoms with van der Waals surface area (Å²) in [6.45, 7) is 1.92. The molecule has 17 aromatic carbocycles. The summed E-state index contributed by atoms with van der Waals surface area (Å²) in [4.78, 5) is 4.44. The largest absolute Gasteiger partial charge is 0.459 e. The summed E-state index contributed by atoms with van der Waals surface area (Å²) in [6, 6.07) is 67.7. The van der Waals surface area contributed by atoms with Gasteiger partial charge in [0.25, 0.3) is 20.1 Å². The Balaban J connectivity index is 0.968. The summed E-state index contributed by atoms with van der Waals surface area (Å²) in [6.07, 6.45) is 0. The molecule has 115 heavy (non-hydrogen) atoms. The maximum atomic E-state index is 11.0. The molecule has 9 heteroatoms. The predicted molar refractivity (Wildman–Crippen MR) is 483 cm³/mol. The second-order valence-electron chi connectivity index (χ2n) is 31.2. The average Bonchev–Trinajstić information content (AvgIpc) is 1.64. The van der Waals surface area contributed by atoms with E-state index in [9.17, 15) is 27.4 Å². The highest BCUT2D eigenvalue weighted by Gasteiger charge is 2.55. The van der Waals surface area contributed by atoms with Crippen molar-refractivity contribution in [2.75, 3.05) is 9.80 Å². The highest BCUT2D eigenvalue weighted by Crippen LogP contribution is 2.57. The van der Waals surface area contributed by atoms with Crippen LogP contribution in [-0.4, -0.2) is 29.3 Å². The van der Waals surface area contributed by atoms with Crippen LogP contribution in [0.3, 0.4) is 0 Å². The minimum absolute atomic E-state index is 0.0114. The number of rotatable bonds is 8. The van der Waals surface area contributed by atoms with Crippen molar-refractivity contribution < 1.29 is 36.9 Å². The molecule has 0 aliphatic carbocycles. The van der Waals surface area contributed by atoms with Crippen molar-refractivity contribution in [3.8, 4) is 101 Å².